The Morgan fingerprint density at radius 3 is 2.63 bits per heavy atom. The summed E-state index contributed by atoms with van der Waals surface area (Å²) in [5, 5.41) is 3.36. The van der Waals surface area contributed by atoms with Crippen molar-refractivity contribution in [3.63, 3.8) is 0 Å². The number of hydrogen-bond donors (Lipinski definition) is 1. The molecule has 0 bridgehead atoms. The number of nitrogens with zero attached hydrogens (tertiary/aromatic N) is 2. The van der Waals surface area contributed by atoms with Gasteiger partial charge in [0.2, 0.25) is 0 Å². The smallest absolute Gasteiger partial charge is 0.193 e. The second kappa shape index (κ2) is 5.31. The molecule has 1 saturated carbocycles. The minimum atomic E-state index is -2.98. The van der Waals surface area contributed by atoms with E-state index in [0.29, 0.717) is 13.1 Å². The van der Waals surface area contributed by atoms with Crippen molar-refractivity contribution in [3.8, 4) is 0 Å². The number of aliphatic imine (C=N–C) groups is 1. The molecule has 6 heteroatoms. The van der Waals surface area contributed by atoms with Gasteiger partial charge < -0.3 is 10.2 Å². The number of hydrogen-bond acceptors (Lipinski definition) is 3. The second-order valence-electron chi connectivity index (χ2n) is 6.21. The molecule has 0 radical (unpaired) electrons. The standard InChI is InChI=1S/C13H25N3O2S/c1-13(2)10-16(8-9-19(13,17)18)12(14-3)15-7-6-11-4-5-11/h11H,4-10H2,1-3H3,(H,14,15). The van der Waals surface area contributed by atoms with Gasteiger partial charge in [-0.1, -0.05) is 12.8 Å². The zero-order valence-corrected chi connectivity index (χ0v) is 13.0. The summed E-state index contributed by atoms with van der Waals surface area (Å²) < 4.78 is 23.3. The van der Waals surface area contributed by atoms with Crippen LogP contribution in [0, 0.1) is 5.92 Å². The quantitative estimate of drug-likeness (QED) is 0.618. The van der Waals surface area contributed by atoms with Gasteiger partial charge in [-0.3, -0.25) is 4.99 Å². The van der Waals surface area contributed by atoms with Crippen LogP contribution in [0.25, 0.3) is 0 Å². The molecule has 0 unspecified atom stereocenters. The normalized spacial score (nSPS) is 26.3. The maximum Gasteiger partial charge on any atom is 0.193 e. The average molecular weight is 287 g/mol. The molecular weight excluding hydrogens is 262 g/mol. The van der Waals surface area contributed by atoms with Crippen LogP contribution in [0.2, 0.25) is 0 Å². The van der Waals surface area contributed by atoms with E-state index in [1.54, 1.807) is 20.9 Å². The Morgan fingerprint density at radius 2 is 2.11 bits per heavy atom. The van der Waals surface area contributed by atoms with E-state index in [4.69, 9.17) is 0 Å². The van der Waals surface area contributed by atoms with Crippen molar-refractivity contribution in [2.75, 3.05) is 32.4 Å². The lowest BCUT2D eigenvalue weighted by Crippen LogP contribution is -2.57. The molecule has 110 valence electrons. The minimum absolute atomic E-state index is 0.212. The number of nitrogens with one attached hydrogen (secondary N) is 1. The largest absolute Gasteiger partial charge is 0.356 e. The summed E-state index contributed by atoms with van der Waals surface area (Å²) in [5.74, 6) is 1.94. The van der Waals surface area contributed by atoms with E-state index in [0.717, 1.165) is 18.4 Å². The van der Waals surface area contributed by atoms with Gasteiger partial charge in [-0.05, 0) is 26.2 Å². The molecule has 1 aliphatic heterocycles. The van der Waals surface area contributed by atoms with Crippen LogP contribution in [-0.2, 0) is 9.84 Å². The van der Waals surface area contributed by atoms with E-state index < -0.39 is 14.6 Å². The Morgan fingerprint density at radius 1 is 1.42 bits per heavy atom. The topological polar surface area (TPSA) is 61.8 Å². The Hall–Kier alpha value is -0.780. The van der Waals surface area contributed by atoms with Crippen LogP contribution < -0.4 is 5.32 Å². The van der Waals surface area contributed by atoms with Crippen LogP contribution in [0.5, 0.6) is 0 Å². The van der Waals surface area contributed by atoms with Gasteiger partial charge in [0.15, 0.2) is 15.8 Å². The fourth-order valence-corrected chi connectivity index (χ4v) is 3.82. The van der Waals surface area contributed by atoms with E-state index in [2.05, 4.69) is 15.2 Å². The molecule has 0 spiro atoms. The molecule has 0 aromatic rings. The third-order valence-corrected chi connectivity index (χ3v) is 6.62. The third-order valence-electron chi connectivity index (χ3n) is 4.09. The lowest BCUT2D eigenvalue weighted by atomic mass is 10.2. The lowest BCUT2D eigenvalue weighted by Gasteiger charge is -2.39. The van der Waals surface area contributed by atoms with Crippen LogP contribution >= 0.6 is 0 Å². The van der Waals surface area contributed by atoms with Crippen LogP contribution in [0.15, 0.2) is 4.99 Å². The molecule has 2 fully saturated rings. The molecule has 0 aromatic carbocycles. The highest BCUT2D eigenvalue weighted by atomic mass is 32.2. The highest BCUT2D eigenvalue weighted by Gasteiger charge is 2.40. The van der Waals surface area contributed by atoms with Crippen LogP contribution in [0.1, 0.15) is 33.1 Å². The summed E-state index contributed by atoms with van der Waals surface area (Å²) in [5.41, 5.74) is 0. The predicted octanol–water partition coefficient (Wildman–Crippen LogP) is 0.871. The van der Waals surface area contributed by atoms with Crippen molar-refractivity contribution in [1.82, 2.24) is 10.2 Å². The molecule has 0 amide bonds. The van der Waals surface area contributed by atoms with Gasteiger partial charge in [0, 0.05) is 26.7 Å². The first-order valence-corrected chi connectivity index (χ1v) is 8.69. The van der Waals surface area contributed by atoms with E-state index in [1.165, 1.54) is 19.3 Å². The van der Waals surface area contributed by atoms with Crippen molar-refractivity contribution < 1.29 is 8.42 Å². The molecule has 2 rings (SSSR count). The maximum absolute atomic E-state index is 12.0. The summed E-state index contributed by atoms with van der Waals surface area (Å²) in [6.07, 6.45) is 3.90. The summed E-state index contributed by atoms with van der Waals surface area (Å²) in [6, 6.07) is 0. The zero-order valence-electron chi connectivity index (χ0n) is 12.1. The zero-order chi connectivity index (χ0) is 14.1. The summed E-state index contributed by atoms with van der Waals surface area (Å²) in [6.45, 7) is 5.58. The summed E-state index contributed by atoms with van der Waals surface area (Å²) in [7, 11) is -1.22. The fourth-order valence-electron chi connectivity index (χ4n) is 2.45. The molecule has 19 heavy (non-hydrogen) atoms. The van der Waals surface area contributed by atoms with Gasteiger partial charge >= 0.3 is 0 Å². The Bertz CT molecular complexity index is 453. The molecule has 0 atom stereocenters. The molecule has 5 nitrogen and oxygen atoms in total. The van der Waals surface area contributed by atoms with Gasteiger partial charge in [-0.25, -0.2) is 8.42 Å². The summed E-state index contributed by atoms with van der Waals surface area (Å²) >= 11 is 0. The Balaban J connectivity index is 1.92. The van der Waals surface area contributed by atoms with Gasteiger partial charge in [-0.2, -0.15) is 0 Å². The second-order valence-corrected chi connectivity index (χ2v) is 8.95. The van der Waals surface area contributed by atoms with Gasteiger partial charge in [0.05, 0.1) is 10.5 Å². The first kappa shape index (κ1) is 14.6. The van der Waals surface area contributed by atoms with Crippen molar-refractivity contribution in [2.45, 2.75) is 37.9 Å². The predicted molar refractivity (Wildman–Crippen MR) is 78.1 cm³/mol. The van der Waals surface area contributed by atoms with Gasteiger partial charge in [-0.15, -0.1) is 0 Å². The van der Waals surface area contributed by atoms with Crippen LogP contribution in [0.3, 0.4) is 0 Å². The SMILES string of the molecule is CN=C(NCCC1CC1)N1CCS(=O)(=O)C(C)(C)C1. The van der Waals surface area contributed by atoms with Crippen molar-refractivity contribution in [2.24, 2.45) is 10.9 Å². The van der Waals surface area contributed by atoms with Crippen LogP contribution in [-0.4, -0.2) is 56.5 Å². The highest BCUT2D eigenvalue weighted by Crippen LogP contribution is 2.31. The van der Waals surface area contributed by atoms with Crippen molar-refractivity contribution in [3.05, 3.63) is 0 Å². The number of guanidine groups is 1. The molecule has 0 aromatic heterocycles. The molecule has 1 heterocycles. The first-order valence-electron chi connectivity index (χ1n) is 7.03. The molecule has 1 aliphatic carbocycles. The Labute approximate surface area is 116 Å². The molecular formula is C13H25N3O2S. The molecule has 1 N–H and O–H groups in total. The first-order chi connectivity index (χ1) is 8.86. The van der Waals surface area contributed by atoms with E-state index in [1.807, 2.05) is 0 Å². The van der Waals surface area contributed by atoms with E-state index in [-0.39, 0.29) is 5.75 Å². The van der Waals surface area contributed by atoms with Gasteiger partial charge in [0.25, 0.3) is 0 Å². The minimum Gasteiger partial charge on any atom is -0.356 e. The Kier molecular flexibility index (Phi) is 4.08. The number of rotatable bonds is 3. The third kappa shape index (κ3) is 3.41. The lowest BCUT2D eigenvalue weighted by molar-refractivity contribution is 0.353. The average Bonchev–Trinajstić information content (AvgIpc) is 3.13. The van der Waals surface area contributed by atoms with Gasteiger partial charge in [0.1, 0.15) is 0 Å². The fraction of sp³-hybridized carbons (Fsp3) is 0.923. The van der Waals surface area contributed by atoms with E-state index >= 15 is 0 Å². The van der Waals surface area contributed by atoms with Crippen molar-refractivity contribution in [1.29, 1.82) is 0 Å². The van der Waals surface area contributed by atoms with Crippen molar-refractivity contribution >= 4 is 15.8 Å². The van der Waals surface area contributed by atoms with Crippen LogP contribution in [0.4, 0.5) is 0 Å². The highest BCUT2D eigenvalue weighted by molar-refractivity contribution is 7.92. The van der Waals surface area contributed by atoms with E-state index in [9.17, 15) is 8.42 Å². The molecule has 1 saturated heterocycles. The monoisotopic (exact) mass is 287 g/mol. The molecule has 2 aliphatic rings. The summed E-state index contributed by atoms with van der Waals surface area (Å²) in [4.78, 5) is 6.34. The number of sulfone groups is 1. The maximum atomic E-state index is 12.0.